The molecule has 0 atom stereocenters. The number of carbonyl (C=O) groups excluding carboxylic acids is 3. The maximum atomic E-state index is 13.2. The van der Waals surface area contributed by atoms with Crippen LogP contribution in [0.5, 0.6) is 11.5 Å². The summed E-state index contributed by atoms with van der Waals surface area (Å²) in [6.45, 7) is 8.05. The van der Waals surface area contributed by atoms with E-state index in [1.165, 1.54) is 6.92 Å². The Hall–Kier alpha value is -3.64. The monoisotopic (exact) mass is 484 g/mol. The van der Waals surface area contributed by atoms with Gasteiger partial charge in [0, 0.05) is 12.5 Å². The molecular formula is C26H32N2O7. The molecule has 9 heteroatoms. The average molecular weight is 485 g/mol. The second kappa shape index (κ2) is 13.9. The normalized spacial score (nSPS) is 14.8. The van der Waals surface area contributed by atoms with Crippen molar-refractivity contribution >= 4 is 23.9 Å². The van der Waals surface area contributed by atoms with Crippen molar-refractivity contribution in [3.63, 3.8) is 0 Å². The fraction of sp³-hybridized carbons (Fsp3) is 0.462. The minimum Gasteiger partial charge on any atom is -0.490 e. The number of carbonyl (C=O) groups is 3. The van der Waals surface area contributed by atoms with Crippen LogP contribution in [0, 0.1) is 11.3 Å². The van der Waals surface area contributed by atoms with E-state index in [9.17, 15) is 19.6 Å². The standard InChI is InChI=1S/C26H32N2O7/c1-5-7-11-35-23-9-8-20(16-24(23)33-6-2)15-21-18(3)22(17-27)26(31)28(25(21)30)10-12-32-13-14-34-19(4)29/h8-9,15-16H,5-7,10-14H2,1-4H3/b21-15+. The van der Waals surface area contributed by atoms with Gasteiger partial charge >= 0.3 is 5.97 Å². The number of rotatable bonds is 13. The smallest absolute Gasteiger partial charge is 0.302 e. The van der Waals surface area contributed by atoms with Crippen LogP contribution in [-0.4, -0.2) is 62.3 Å². The molecule has 0 radical (unpaired) electrons. The van der Waals surface area contributed by atoms with Crippen molar-refractivity contribution in [3.05, 3.63) is 40.5 Å². The molecule has 1 heterocycles. The maximum Gasteiger partial charge on any atom is 0.302 e. The third-order valence-electron chi connectivity index (χ3n) is 5.15. The van der Waals surface area contributed by atoms with Crippen molar-refractivity contribution in [2.75, 3.05) is 39.6 Å². The van der Waals surface area contributed by atoms with E-state index in [2.05, 4.69) is 6.92 Å². The summed E-state index contributed by atoms with van der Waals surface area (Å²) in [5, 5.41) is 9.56. The van der Waals surface area contributed by atoms with Crippen LogP contribution < -0.4 is 9.47 Å². The maximum absolute atomic E-state index is 13.2. The Kier molecular flexibility index (Phi) is 11.0. The summed E-state index contributed by atoms with van der Waals surface area (Å²) in [5.74, 6) is -0.429. The van der Waals surface area contributed by atoms with E-state index >= 15 is 0 Å². The number of unbranched alkanes of at least 4 members (excludes halogenated alkanes) is 1. The first-order chi connectivity index (χ1) is 16.8. The molecule has 0 aromatic heterocycles. The molecule has 0 bridgehead atoms. The van der Waals surface area contributed by atoms with Gasteiger partial charge in [0.25, 0.3) is 11.8 Å². The number of amides is 2. The third-order valence-corrected chi connectivity index (χ3v) is 5.15. The summed E-state index contributed by atoms with van der Waals surface area (Å²) in [5.41, 5.74) is 1.13. The highest BCUT2D eigenvalue weighted by molar-refractivity contribution is 6.19. The molecule has 0 spiro atoms. The second-order valence-electron chi connectivity index (χ2n) is 7.73. The predicted molar refractivity (Wildman–Crippen MR) is 128 cm³/mol. The Morgan fingerprint density at radius 1 is 1.06 bits per heavy atom. The Morgan fingerprint density at radius 2 is 1.83 bits per heavy atom. The molecule has 0 aliphatic carbocycles. The average Bonchev–Trinajstić information content (AvgIpc) is 2.82. The van der Waals surface area contributed by atoms with Crippen molar-refractivity contribution in [1.29, 1.82) is 5.26 Å². The highest BCUT2D eigenvalue weighted by Gasteiger charge is 2.35. The van der Waals surface area contributed by atoms with Crippen LogP contribution in [0.1, 0.15) is 46.1 Å². The molecule has 0 N–H and O–H groups in total. The van der Waals surface area contributed by atoms with Crippen LogP contribution in [0.2, 0.25) is 0 Å². The minimum atomic E-state index is -0.662. The van der Waals surface area contributed by atoms with E-state index in [1.807, 2.05) is 13.0 Å². The number of ether oxygens (including phenoxy) is 4. The number of nitrogens with zero attached hydrogens (tertiary/aromatic N) is 2. The Labute approximate surface area is 205 Å². The first-order valence-electron chi connectivity index (χ1n) is 11.6. The number of benzene rings is 1. The number of hydrogen-bond donors (Lipinski definition) is 0. The summed E-state index contributed by atoms with van der Waals surface area (Å²) in [7, 11) is 0. The lowest BCUT2D eigenvalue weighted by Gasteiger charge is -2.27. The first-order valence-corrected chi connectivity index (χ1v) is 11.6. The Bertz CT molecular complexity index is 1040. The Morgan fingerprint density at radius 3 is 2.49 bits per heavy atom. The number of hydrogen-bond acceptors (Lipinski definition) is 8. The van der Waals surface area contributed by atoms with E-state index in [4.69, 9.17) is 18.9 Å². The lowest BCUT2D eigenvalue weighted by molar-refractivity contribution is -0.142. The largest absolute Gasteiger partial charge is 0.490 e. The molecule has 1 aromatic carbocycles. The van der Waals surface area contributed by atoms with Crippen molar-refractivity contribution in [1.82, 2.24) is 4.90 Å². The molecule has 35 heavy (non-hydrogen) atoms. The predicted octanol–water partition coefficient (Wildman–Crippen LogP) is 3.44. The second-order valence-corrected chi connectivity index (χ2v) is 7.73. The number of esters is 1. The zero-order valence-electron chi connectivity index (χ0n) is 20.7. The molecule has 0 unspecified atom stereocenters. The molecule has 0 saturated carbocycles. The highest BCUT2D eigenvalue weighted by atomic mass is 16.6. The quantitative estimate of drug-likeness (QED) is 0.181. The van der Waals surface area contributed by atoms with Crippen molar-refractivity contribution in [2.24, 2.45) is 0 Å². The molecule has 0 fully saturated rings. The molecule has 2 rings (SSSR count). The fourth-order valence-corrected chi connectivity index (χ4v) is 3.33. The molecule has 1 aromatic rings. The van der Waals surface area contributed by atoms with E-state index in [0.29, 0.717) is 35.8 Å². The van der Waals surface area contributed by atoms with Crippen LogP contribution in [0.25, 0.3) is 6.08 Å². The topological polar surface area (TPSA) is 115 Å². The van der Waals surface area contributed by atoms with E-state index < -0.39 is 17.8 Å². The van der Waals surface area contributed by atoms with Gasteiger partial charge in [-0.25, -0.2) is 0 Å². The summed E-state index contributed by atoms with van der Waals surface area (Å²) in [4.78, 5) is 37.7. The lowest BCUT2D eigenvalue weighted by atomic mass is 9.93. The van der Waals surface area contributed by atoms with Gasteiger partial charge < -0.3 is 18.9 Å². The summed E-state index contributed by atoms with van der Waals surface area (Å²) < 4.78 is 21.7. The van der Waals surface area contributed by atoms with Gasteiger partial charge in [0.2, 0.25) is 0 Å². The first kappa shape index (κ1) is 27.6. The van der Waals surface area contributed by atoms with Crippen molar-refractivity contribution in [2.45, 2.75) is 40.5 Å². The van der Waals surface area contributed by atoms with Gasteiger partial charge in [-0.15, -0.1) is 0 Å². The molecule has 1 aliphatic rings. The lowest BCUT2D eigenvalue weighted by Crippen LogP contribution is -2.44. The van der Waals surface area contributed by atoms with Crippen molar-refractivity contribution in [3.8, 4) is 17.6 Å². The molecule has 1 aliphatic heterocycles. The number of imide groups is 1. The summed E-state index contributed by atoms with van der Waals surface area (Å²) in [6, 6.07) is 7.26. The minimum absolute atomic E-state index is 0.0397. The zero-order valence-corrected chi connectivity index (χ0v) is 20.7. The SMILES string of the molecule is CCCCOc1ccc(/C=C2/C(=O)N(CCOCCOC(C)=O)C(=O)C(C#N)=C2C)cc1OCC. The van der Waals surface area contributed by atoms with Gasteiger partial charge in [0.15, 0.2) is 11.5 Å². The molecule has 188 valence electrons. The van der Waals surface area contributed by atoms with Crippen molar-refractivity contribution < 1.29 is 33.3 Å². The summed E-state index contributed by atoms with van der Waals surface area (Å²) >= 11 is 0. The summed E-state index contributed by atoms with van der Waals surface area (Å²) in [6.07, 6.45) is 3.56. The van der Waals surface area contributed by atoms with E-state index in [1.54, 1.807) is 31.2 Å². The van der Waals surface area contributed by atoms with Crippen LogP contribution in [0.4, 0.5) is 0 Å². The Balaban J connectivity index is 2.26. The fourth-order valence-electron chi connectivity index (χ4n) is 3.33. The van der Waals surface area contributed by atoms with E-state index in [0.717, 1.165) is 17.7 Å². The zero-order chi connectivity index (χ0) is 25.8. The molecule has 2 amide bonds. The number of nitriles is 1. The molecule has 0 saturated heterocycles. The van der Waals surface area contributed by atoms with Gasteiger partial charge in [0.1, 0.15) is 18.2 Å². The third kappa shape index (κ3) is 7.69. The molecule has 9 nitrogen and oxygen atoms in total. The molecular weight excluding hydrogens is 452 g/mol. The van der Waals surface area contributed by atoms with Crippen LogP contribution in [0.15, 0.2) is 34.9 Å². The van der Waals surface area contributed by atoms with Crippen LogP contribution >= 0.6 is 0 Å². The van der Waals surface area contributed by atoms with Gasteiger partial charge in [-0.05, 0) is 49.6 Å². The van der Waals surface area contributed by atoms with Gasteiger partial charge in [-0.1, -0.05) is 19.4 Å². The van der Waals surface area contributed by atoms with Crippen LogP contribution in [0.3, 0.4) is 0 Å². The van der Waals surface area contributed by atoms with Gasteiger partial charge in [0.05, 0.1) is 33.0 Å². The highest BCUT2D eigenvalue weighted by Crippen LogP contribution is 2.32. The van der Waals surface area contributed by atoms with Gasteiger partial charge in [-0.2, -0.15) is 5.26 Å². The van der Waals surface area contributed by atoms with Gasteiger partial charge in [-0.3, -0.25) is 19.3 Å². The van der Waals surface area contributed by atoms with Crippen LogP contribution in [-0.2, 0) is 23.9 Å². The van der Waals surface area contributed by atoms with E-state index in [-0.39, 0.29) is 37.5 Å².